The molecule has 0 saturated carbocycles. The van der Waals surface area contributed by atoms with Crippen molar-refractivity contribution in [1.29, 1.82) is 0 Å². The largest absolute Gasteiger partial charge is 0.213 e. The van der Waals surface area contributed by atoms with Gasteiger partial charge in [-0.25, -0.2) is 22.8 Å². The lowest BCUT2D eigenvalue weighted by atomic mass is 9.98. The highest BCUT2D eigenvalue weighted by atomic mass is 14.9. The molecule has 0 aliphatic rings. The summed E-state index contributed by atoms with van der Waals surface area (Å²) in [6.45, 7) is 27.7. The molecular weight excluding hydrogens is 971 g/mol. The molecule has 0 atom stereocenters. The van der Waals surface area contributed by atoms with Crippen molar-refractivity contribution in [3.63, 3.8) is 0 Å². The van der Waals surface area contributed by atoms with Gasteiger partial charge in [-0.05, 0) is 189 Å². The van der Waals surface area contributed by atoms with Gasteiger partial charge in [-0.3, -0.25) is 0 Å². The minimum atomic E-state index is -2.04. The standard InChI is InChI=1S/5C15H18N/c2*1-11-5-6-14(13(3)9-11)15-10-12(2)7-8-16(15)4;2*1-11-5-6-13(3)14(9-11)15-10-12(2)7-8-16(15)4;1-11-8-9-16(4)14(10-11)15-12(2)6-5-7-13(15)3/h5*5-10H,1-4H3/q5*+1/i1D3;;;;. The zero-order chi connectivity index (χ0) is 61.0. The van der Waals surface area contributed by atoms with Gasteiger partial charge in [0.1, 0.15) is 35.2 Å². The van der Waals surface area contributed by atoms with Crippen LogP contribution >= 0.6 is 0 Å². The zero-order valence-electron chi connectivity index (χ0n) is 54.6. The number of hydrogen-bond acceptors (Lipinski definition) is 0. The highest BCUT2D eigenvalue weighted by molar-refractivity contribution is 5.67. The molecule has 5 aromatic carbocycles. The van der Waals surface area contributed by atoms with E-state index in [4.69, 9.17) is 4.11 Å². The summed E-state index contributed by atoms with van der Waals surface area (Å²) in [7, 11) is 10.4. The highest BCUT2D eigenvalue weighted by Gasteiger charge is 2.17. The van der Waals surface area contributed by atoms with Crippen LogP contribution in [-0.4, -0.2) is 0 Å². The van der Waals surface area contributed by atoms with Crippen molar-refractivity contribution < 1.29 is 26.9 Å². The summed E-state index contributed by atoms with van der Waals surface area (Å²) in [6, 6.07) is 53.3. The molecule has 10 rings (SSSR count). The van der Waals surface area contributed by atoms with Crippen molar-refractivity contribution in [2.24, 2.45) is 35.2 Å². The Morgan fingerprint density at radius 2 is 0.512 bits per heavy atom. The van der Waals surface area contributed by atoms with Gasteiger partial charge >= 0.3 is 0 Å². The van der Waals surface area contributed by atoms with Crippen LogP contribution in [0.3, 0.4) is 0 Å². The summed E-state index contributed by atoms with van der Waals surface area (Å²) in [6.07, 6.45) is 10.5. The molecule has 0 amide bonds. The zero-order valence-corrected chi connectivity index (χ0v) is 51.6. The van der Waals surface area contributed by atoms with E-state index in [1.807, 2.05) is 30.8 Å². The fourth-order valence-corrected chi connectivity index (χ4v) is 9.99. The topological polar surface area (TPSA) is 19.4 Å². The maximum Gasteiger partial charge on any atom is 0.213 e. The van der Waals surface area contributed by atoms with E-state index in [0.717, 1.165) is 16.8 Å². The number of aromatic nitrogens is 5. The number of nitrogens with zero attached hydrogens (tertiary/aromatic N) is 5. The molecule has 5 nitrogen and oxygen atoms in total. The molecule has 5 heteroatoms. The molecule has 10 aromatic rings. The van der Waals surface area contributed by atoms with Crippen molar-refractivity contribution in [2.75, 3.05) is 0 Å². The average Bonchev–Trinajstić information content (AvgIpc) is 3.49. The Bertz CT molecular complexity index is 3690. The van der Waals surface area contributed by atoms with Crippen molar-refractivity contribution in [2.45, 2.75) is 104 Å². The fraction of sp³-hybridized carbons (Fsp3) is 0.267. The predicted octanol–water partition coefficient (Wildman–Crippen LogP) is 15.5. The van der Waals surface area contributed by atoms with Crippen LogP contribution in [0.4, 0.5) is 0 Å². The molecule has 0 unspecified atom stereocenters. The van der Waals surface area contributed by atoms with Crippen LogP contribution in [0.15, 0.2) is 183 Å². The minimum absolute atomic E-state index is 0.393. The SMILES string of the molecule is Cc1cc[n+](C)c(-c2c(C)cccc2C)c1.Cc1ccc(-c2cc(C)cc[n+]2C)c(C)c1.Cc1ccc(C)c(-c2cc(C)cc[n+]2C)c1.Cc1ccc(C)c(-c2cc(C)cc[n+]2C)c1.[2H]C([2H])([2H])c1ccc(-c2cc(C)cc[n+]2C)c(C)c1. The molecule has 5 heterocycles. The Morgan fingerprint density at radius 1 is 0.237 bits per heavy atom. The van der Waals surface area contributed by atoms with Crippen LogP contribution in [0, 0.1) is 104 Å². The van der Waals surface area contributed by atoms with E-state index >= 15 is 0 Å². The lowest BCUT2D eigenvalue weighted by Crippen LogP contribution is -2.30. The molecule has 0 bridgehead atoms. The first-order chi connectivity index (χ1) is 39.1. The molecule has 0 aliphatic heterocycles. The Hall–Kier alpha value is -8.15. The summed E-state index contributed by atoms with van der Waals surface area (Å²) in [5, 5.41) is 0. The van der Waals surface area contributed by atoms with Gasteiger partial charge in [0.15, 0.2) is 31.0 Å². The first-order valence-electron chi connectivity index (χ1n) is 29.3. The maximum atomic E-state index is 7.45. The number of aryl methyl sites for hydroxylation is 20. The Kier molecular flexibility index (Phi) is 19.5. The molecule has 5 aromatic heterocycles. The second-order valence-electron chi connectivity index (χ2n) is 22.3. The van der Waals surface area contributed by atoms with Gasteiger partial charge in [0.2, 0.25) is 28.5 Å². The van der Waals surface area contributed by atoms with Crippen molar-refractivity contribution in [1.82, 2.24) is 0 Å². The average molecular weight is 1060 g/mol. The number of pyridine rings is 5. The lowest BCUT2D eigenvalue weighted by molar-refractivity contribution is -0.660. The van der Waals surface area contributed by atoms with E-state index < -0.39 is 6.85 Å². The first kappa shape index (κ1) is 56.6. The summed E-state index contributed by atoms with van der Waals surface area (Å²) >= 11 is 0. The number of benzene rings is 5. The molecular formula is C75H90N5+5. The van der Waals surface area contributed by atoms with Crippen molar-refractivity contribution in [3.05, 3.63) is 266 Å². The van der Waals surface area contributed by atoms with Gasteiger partial charge in [0.25, 0.3) is 0 Å². The van der Waals surface area contributed by atoms with Gasteiger partial charge in [-0.15, -0.1) is 0 Å². The summed E-state index contributed by atoms with van der Waals surface area (Å²) < 4.78 is 33.1. The van der Waals surface area contributed by atoms with Gasteiger partial charge in [0.05, 0.1) is 5.56 Å². The second-order valence-corrected chi connectivity index (χ2v) is 22.3. The fourth-order valence-electron chi connectivity index (χ4n) is 9.99. The molecule has 0 saturated heterocycles. The van der Waals surface area contributed by atoms with Crippen LogP contribution in [0.2, 0.25) is 0 Å². The van der Waals surface area contributed by atoms with E-state index in [1.54, 1.807) is 12.1 Å². The molecule has 0 spiro atoms. The molecule has 410 valence electrons. The number of rotatable bonds is 5. The van der Waals surface area contributed by atoms with Crippen LogP contribution < -0.4 is 22.8 Å². The molecule has 0 N–H and O–H groups in total. The lowest BCUT2D eigenvalue weighted by Gasteiger charge is -2.08. The third-order valence-electron chi connectivity index (χ3n) is 14.8. The van der Waals surface area contributed by atoms with Gasteiger partial charge in [-0.1, -0.05) is 89.0 Å². The maximum absolute atomic E-state index is 7.45. The molecule has 0 aliphatic carbocycles. The van der Waals surface area contributed by atoms with Gasteiger partial charge in [-0.2, -0.15) is 0 Å². The Labute approximate surface area is 486 Å². The van der Waals surface area contributed by atoms with E-state index in [0.29, 0.717) is 5.56 Å². The second kappa shape index (κ2) is 27.6. The highest BCUT2D eigenvalue weighted by Crippen LogP contribution is 2.27. The summed E-state index contributed by atoms with van der Waals surface area (Å²) in [5.74, 6) is 0. The molecule has 80 heavy (non-hydrogen) atoms. The summed E-state index contributed by atoms with van der Waals surface area (Å²) in [5.41, 5.74) is 31.0. The van der Waals surface area contributed by atoms with E-state index in [1.165, 1.54) is 117 Å². The number of hydrogen-bond donors (Lipinski definition) is 0. The van der Waals surface area contributed by atoms with E-state index in [-0.39, 0.29) is 0 Å². The normalized spacial score (nSPS) is 11.2. The van der Waals surface area contributed by atoms with Gasteiger partial charge < -0.3 is 0 Å². The predicted molar refractivity (Wildman–Crippen MR) is 336 cm³/mol. The molecule has 0 fully saturated rings. The van der Waals surface area contributed by atoms with E-state index in [2.05, 4.69) is 295 Å². The third kappa shape index (κ3) is 16.2. The monoisotopic (exact) mass is 1060 g/mol. The van der Waals surface area contributed by atoms with Crippen molar-refractivity contribution in [3.8, 4) is 56.3 Å². The van der Waals surface area contributed by atoms with E-state index in [9.17, 15) is 0 Å². The smallest absolute Gasteiger partial charge is 0.201 e. The quantitative estimate of drug-likeness (QED) is 0.153. The van der Waals surface area contributed by atoms with Crippen LogP contribution in [0.1, 0.15) is 87.6 Å². The van der Waals surface area contributed by atoms with Crippen LogP contribution in [-0.2, 0) is 35.2 Å². The first-order valence-corrected chi connectivity index (χ1v) is 27.8. The third-order valence-corrected chi connectivity index (χ3v) is 14.8. The molecule has 0 radical (unpaired) electrons. The minimum Gasteiger partial charge on any atom is -0.201 e. The van der Waals surface area contributed by atoms with Crippen LogP contribution in [0.25, 0.3) is 56.3 Å². The van der Waals surface area contributed by atoms with Crippen LogP contribution in [0.5, 0.6) is 0 Å². The van der Waals surface area contributed by atoms with Crippen molar-refractivity contribution >= 4 is 0 Å². The Balaban J connectivity index is 0.000000167. The summed E-state index contributed by atoms with van der Waals surface area (Å²) in [4.78, 5) is 0. The van der Waals surface area contributed by atoms with Gasteiger partial charge in [0, 0.05) is 87.0 Å². The Morgan fingerprint density at radius 3 is 0.863 bits per heavy atom.